The molecule has 5 nitrogen and oxygen atoms in total. The van der Waals surface area contributed by atoms with E-state index in [1.807, 2.05) is 0 Å². The van der Waals surface area contributed by atoms with E-state index in [0.717, 1.165) is 37.4 Å². The molecule has 2 heterocycles. The highest BCUT2D eigenvalue weighted by Gasteiger charge is 2.19. The Labute approximate surface area is 144 Å². The minimum absolute atomic E-state index is 0.0222. The second-order valence-electron chi connectivity index (χ2n) is 6.02. The molecule has 7 heteroatoms. The molecule has 0 aliphatic carbocycles. The molecule has 3 rings (SSSR count). The third-order valence-corrected chi connectivity index (χ3v) is 4.07. The third-order valence-electron chi connectivity index (χ3n) is 4.07. The largest absolute Gasteiger partial charge is 0.381 e. The zero-order chi connectivity index (χ0) is 17.6. The van der Waals surface area contributed by atoms with Gasteiger partial charge in [0.2, 0.25) is 5.91 Å². The summed E-state index contributed by atoms with van der Waals surface area (Å²) in [7, 11) is 0. The number of benzene rings is 1. The van der Waals surface area contributed by atoms with E-state index in [9.17, 15) is 13.6 Å². The van der Waals surface area contributed by atoms with Gasteiger partial charge in [-0.25, -0.2) is 18.7 Å². The van der Waals surface area contributed by atoms with Crippen LogP contribution < -0.4 is 5.32 Å². The minimum atomic E-state index is -0.958. The van der Waals surface area contributed by atoms with Crippen molar-refractivity contribution in [1.29, 1.82) is 0 Å². The number of rotatable bonds is 5. The molecule has 1 aliphatic heterocycles. The second kappa shape index (κ2) is 8.11. The number of aromatic nitrogens is 2. The van der Waals surface area contributed by atoms with Gasteiger partial charge in [-0.1, -0.05) is 6.07 Å². The fraction of sp³-hybridized carbons (Fsp3) is 0.389. The number of nitrogens with zero attached hydrogens (tertiary/aromatic N) is 2. The van der Waals surface area contributed by atoms with Gasteiger partial charge in [-0.3, -0.25) is 4.79 Å². The van der Waals surface area contributed by atoms with Crippen LogP contribution in [0.2, 0.25) is 0 Å². The maximum absolute atomic E-state index is 13.2. The molecule has 0 saturated carbocycles. The first kappa shape index (κ1) is 17.4. The molecular formula is C18H19F2N3O2. The molecule has 0 unspecified atom stereocenters. The Morgan fingerprint density at radius 1 is 1.28 bits per heavy atom. The van der Waals surface area contributed by atoms with Crippen LogP contribution in [0.3, 0.4) is 0 Å². The number of halogens is 2. The first-order valence-corrected chi connectivity index (χ1v) is 8.22. The maximum Gasteiger partial charge on any atom is 0.224 e. The summed E-state index contributed by atoms with van der Waals surface area (Å²) in [5.41, 5.74) is 1.12. The van der Waals surface area contributed by atoms with Crippen molar-refractivity contribution in [2.75, 3.05) is 13.2 Å². The highest BCUT2D eigenvalue weighted by Crippen LogP contribution is 2.22. The second-order valence-corrected chi connectivity index (χ2v) is 6.02. The Morgan fingerprint density at radius 3 is 2.92 bits per heavy atom. The molecule has 0 bridgehead atoms. The molecule has 1 atom stereocenters. The molecule has 2 aromatic rings. The molecule has 1 aromatic carbocycles. The van der Waals surface area contributed by atoms with Crippen LogP contribution in [0, 0.1) is 11.6 Å². The summed E-state index contributed by atoms with van der Waals surface area (Å²) in [6, 6.07) is 5.18. The Kier molecular flexibility index (Phi) is 5.65. The minimum Gasteiger partial charge on any atom is -0.381 e. The van der Waals surface area contributed by atoms with E-state index >= 15 is 0 Å². The van der Waals surface area contributed by atoms with Gasteiger partial charge in [-0.15, -0.1) is 0 Å². The lowest BCUT2D eigenvalue weighted by molar-refractivity contribution is -0.120. The first-order chi connectivity index (χ1) is 12.1. The summed E-state index contributed by atoms with van der Waals surface area (Å²) in [5, 5.41) is 2.73. The molecular weight excluding hydrogens is 328 g/mol. The molecule has 1 saturated heterocycles. The summed E-state index contributed by atoms with van der Waals surface area (Å²) in [5.74, 6) is -1.25. The Morgan fingerprint density at radius 2 is 2.16 bits per heavy atom. The van der Waals surface area contributed by atoms with Crippen molar-refractivity contribution in [2.45, 2.75) is 31.7 Å². The fourth-order valence-electron chi connectivity index (χ4n) is 2.74. The summed E-state index contributed by atoms with van der Waals surface area (Å²) >= 11 is 0. The van der Waals surface area contributed by atoms with Gasteiger partial charge < -0.3 is 10.1 Å². The molecule has 1 aliphatic rings. The molecule has 1 fully saturated rings. The van der Waals surface area contributed by atoms with Crippen molar-refractivity contribution < 1.29 is 18.3 Å². The molecule has 0 spiro atoms. The van der Waals surface area contributed by atoms with Crippen molar-refractivity contribution in [3.8, 4) is 0 Å². The van der Waals surface area contributed by atoms with Crippen LogP contribution in [0.15, 0.2) is 30.5 Å². The van der Waals surface area contributed by atoms with E-state index in [0.29, 0.717) is 17.9 Å². The summed E-state index contributed by atoms with van der Waals surface area (Å²) in [6.45, 7) is 1.65. The fourth-order valence-corrected chi connectivity index (χ4v) is 2.74. The Bertz CT molecular complexity index is 749. The van der Waals surface area contributed by atoms with Crippen molar-refractivity contribution >= 4 is 5.91 Å². The highest BCUT2D eigenvalue weighted by atomic mass is 19.2. The third kappa shape index (κ3) is 4.79. The highest BCUT2D eigenvalue weighted by molar-refractivity contribution is 5.78. The van der Waals surface area contributed by atoms with E-state index in [-0.39, 0.29) is 24.8 Å². The Balaban J connectivity index is 1.55. The molecule has 25 heavy (non-hydrogen) atoms. The van der Waals surface area contributed by atoms with Crippen LogP contribution in [0.4, 0.5) is 8.78 Å². The monoisotopic (exact) mass is 347 g/mol. The van der Waals surface area contributed by atoms with Crippen LogP contribution in [0.5, 0.6) is 0 Å². The van der Waals surface area contributed by atoms with E-state index < -0.39 is 11.6 Å². The van der Waals surface area contributed by atoms with Crippen molar-refractivity contribution in [2.24, 2.45) is 0 Å². The van der Waals surface area contributed by atoms with Gasteiger partial charge in [0.15, 0.2) is 11.6 Å². The zero-order valence-electron chi connectivity index (χ0n) is 13.7. The average Bonchev–Trinajstić information content (AvgIpc) is 2.64. The first-order valence-electron chi connectivity index (χ1n) is 8.22. The number of hydrogen-bond acceptors (Lipinski definition) is 4. The summed E-state index contributed by atoms with van der Waals surface area (Å²) in [4.78, 5) is 20.8. The van der Waals surface area contributed by atoms with Crippen molar-refractivity contribution in [3.63, 3.8) is 0 Å². The quantitative estimate of drug-likeness (QED) is 0.903. The molecule has 1 amide bonds. The number of carbonyl (C=O) groups excluding carboxylic acids is 1. The van der Waals surface area contributed by atoms with Gasteiger partial charge in [-0.05, 0) is 36.6 Å². The van der Waals surface area contributed by atoms with Crippen LogP contribution in [-0.2, 0) is 22.5 Å². The van der Waals surface area contributed by atoms with Crippen molar-refractivity contribution in [1.82, 2.24) is 15.3 Å². The predicted octanol–water partition coefficient (Wildman–Crippen LogP) is 2.51. The normalized spacial score (nSPS) is 17.3. The lowest BCUT2D eigenvalue weighted by atomic mass is 10.0. The van der Waals surface area contributed by atoms with Crippen molar-refractivity contribution in [3.05, 3.63) is 59.2 Å². The van der Waals surface area contributed by atoms with E-state index in [1.165, 1.54) is 6.07 Å². The van der Waals surface area contributed by atoms with Gasteiger partial charge >= 0.3 is 0 Å². The molecule has 132 valence electrons. The van der Waals surface area contributed by atoms with Crippen LogP contribution >= 0.6 is 0 Å². The summed E-state index contributed by atoms with van der Waals surface area (Å²) < 4.78 is 31.5. The van der Waals surface area contributed by atoms with Gasteiger partial charge in [0.05, 0.1) is 25.3 Å². The van der Waals surface area contributed by atoms with E-state index in [4.69, 9.17) is 4.74 Å². The van der Waals surface area contributed by atoms with Gasteiger partial charge in [0.25, 0.3) is 0 Å². The zero-order valence-corrected chi connectivity index (χ0v) is 13.7. The van der Waals surface area contributed by atoms with Crippen LogP contribution in [-0.4, -0.2) is 29.1 Å². The topological polar surface area (TPSA) is 64.1 Å². The molecule has 0 radical (unpaired) electrons. The average molecular weight is 347 g/mol. The van der Waals surface area contributed by atoms with Gasteiger partial charge in [0, 0.05) is 18.7 Å². The van der Waals surface area contributed by atoms with E-state index in [2.05, 4.69) is 15.3 Å². The lowest BCUT2D eigenvalue weighted by Gasteiger charge is -2.20. The molecule has 1 aromatic heterocycles. The smallest absolute Gasteiger partial charge is 0.224 e. The Hall–Kier alpha value is -2.41. The van der Waals surface area contributed by atoms with Crippen LogP contribution in [0.25, 0.3) is 0 Å². The van der Waals surface area contributed by atoms with Gasteiger partial charge in [0.1, 0.15) is 5.82 Å². The van der Waals surface area contributed by atoms with Crippen LogP contribution in [0.1, 0.15) is 35.8 Å². The predicted molar refractivity (Wildman–Crippen MR) is 86.7 cm³/mol. The lowest BCUT2D eigenvalue weighted by Crippen LogP contribution is -2.26. The standard InChI is InChI=1S/C18H19F2N3O2/c19-15-4-3-12(8-16(15)20)9-17(24)22-10-14-5-6-21-18(23-14)13-2-1-7-25-11-13/h3-6,8,13H,1-2,7,9-11H2,(H,22,24)/t13-/m0/s1. The number of hydrogen-bond donors (Lipinski definition) is 1. The number of carbonyl (C=O) groups is 1. The number of nitrogens with one attached hydrogen (secondary N) is 1. The number of amides is 1. The summed E-state index contributed by atoms with van der Waals surface area (Å²) in [6.07, 6.45) is 3.63. The number of ether oxygens (including phenoxy) is 1. The maximum atomic E-state index is 13.2. The molecule has 1 N–H and O–H groups in total. The van der Waals surface area contributed by atoms with E-state index in [1.54, 1.807) is 12.3 Å². The SMILES string of the molecule is O=C(Cc1ccc(F)c(F)c1)NCc1ccnc([C@H]2CCCOC2)n1. The van der Waals surface area contributed by atoms with Gasteiger partial charge in [-0.2, -0.15) is 0 Å².